The van der Waals surface area contributed by atoms with Crippen LogP contribution in [0.3, 0.4) is 0 Å². The third-order valence-electron chi connectivity index (χ3n) is 4.91. The molecule has 8 nitrogen and oxygen atoms in total. The topological polar surface area (TPSA) is 95.8 Å². The first kappa shape index (κ1) is 18.2. The van der Waals surface area contributed by atoms with Gasteiger partial charge in [0, 0.05) is 29.3 Å². The molecule has 2 aliphatic rings. The van der Waals surface area contributed by atoms with Crippen LogP contribution in [0.25, 0.3) is 0 Å². The van der Waals surface area contributed by atoms with Crippen LogP contribution in [0.15, 0.2) is 64.3 Å². The van der Waals surface area contributed by atoms with Gasteiger partial charge in [0.25, 0.3) is 11.6 Å². The van der Waals surface area contributed by atoms with Gasteiger partial charge in [0.05, 0.1) is 28.8 Å². The molecule has 4 rings (SSSR count). The lowest BCUT2D eigenvalue weighted by Crippen LogP contribution is -2.45. The molecule has 0 spiro atoms. The minimum Gasteiger partial charge on any atom is -0.327 e. The maximum absolute atomic E-state index is 13.2. The van der Waals surface area contributed by atoms with Crippen molar-refractivity contribution in [2.75, 3.05) is 18.5 Å². The Morgan fingerprint density at radius 2 is 1.89 bits per heavy atom. The Morgan fingerprint density at radius 3 is 2.57 bits per heavy atom. The zero-order chi connectivity index (χ0) is 20.0. The molecular formula is C19H15BrN4O4. The molecule has 1 N–H and O–H groups in total. The molecule has 0 bridgehead atoms. The SMILES string of the molecule is CN1C(=O)N[C@@H](c2cccc([N+](=O)[O-])c2)C2=C1CN(c1ccc(Br)cc1)C2=O. The zero-order valence-electron chi connectivity index (χ0n) is 14.8. The van der Waals surface area contributed by atoms with Gasteiger partial charge in [-0.3, -0.25) is 19.8 Å². The van der Waals surface area contributed by atoms with Gasteiger partial charge in [0.15, 0.2) is 0 Å². The summed E-state index contributed by atoms with van der Waals surface area (Å²) in [6.07, 6.45) is 0. The molecule has 3 amide bonds. The number of amides is 3. The third kappa shape index (κ3) is 2.93. The molecule has 2 aromatic carbocycles. The third-order valence-corrected chi connectivity index (χ3v) is 5.44. The first-order chi connectivity index (χ1) is 13.4. The molecule has 0 saturated carbocycles. The Labute approximate surface area is 168 Å². The van der Waals surface area contributed by atoms with Crippen LogP contribution in [0.1, 0.15) is 11.6 Å². The number of non-ortho nitro benzene ring substituents is 1. The minimum absolute atomic E-state index is 0.0944. The number of nitro groups is 1. The van der Waals surface area contributed by atoms with Crippen molar-refractivity contribution < 1.29 is 14.5 Å². The molecule has 0 aromatic heterocycles. The van der Waals surface area contributed by atoms with Crippen LogP contribution in [-0.4, -0.2) is 35.4 Å². The van der Waals surface area contributed by atoms with Crippen LogP contribution in [-0.2, 0) is 4.79 Å². The lowest BCUT2D eigenvalue weighted by molar-refractivity contribution is -0.384. The summed E-state index contributed by atoms with van der Waals surface area (Å²) in [5.41, 5.74) is 2.12. The molecule has 2 heterocycles. The molecular weight excluding hydrogens is 428 g/mol. The highest BCUT2D eigenvalue weighted by molar-refractivity contribution is 9.10. The number of nitro benzene ring substituents is 1. The Balaban J connectivity index is 1.76. The smallest absolute Gasteiger partial charge is 0.322 e. The molecule has 2 aromatic rings. The highest BCUT2D eigenvalue weighted by atomic mass is 79.9. The summed E-state index contributed by atoms with van der Waals surface area (Å²) in [6.45, 7) is 0.255. The quantitative estimate of drug-likeness (QED) is 0.582. The van der Waals surface area contributed by atoms with E-state index in [2.05, 4.69) is 21.2 Å². The predicted octanol–water partition coefficient (Wildman–Crippen LogP) is 3.35. The number of hydrogen-bond donors (Lipinski definition) is 1. The average Bonchev–Trinajstić information content (AvgIpc) is 3.03. The van der Waals surface area contributed by atoms with Gasteiger partial charge in [-0.2, -0.15) is 0 Å². The van der Waals surface area contributed by atoms with Crippen LogP contribution in [0.5, 0.6) is 0 Å². The van der Waals surface area contributed by atoms with E-state index < -0.39 is 11.0 Å². The van der Waals surface area contributed by atoms with Gasteiger partial charge in [-0.25, -0.2) is 4.79 Å². The fourth-order valence-electron chi connectivity index (χ4n) is 3.46. The summed E-state index contributed by atoms with van der Waals surface area (Å²) < 4.78 is 0.893. The second-order valence-electron chi connectivity index (χ2n) is 6.52. The van der Waals surface area contributed by atoms with Crippen molar-refractivity contribution in [1.29, 1.82) is 0 Å². The summed E-state index contributed by atoms with van der Waals surface area (Å²) in [4.78, 5) is 39.3. The van der Waals surface area contributed by atoms with Crippen molar-refractivity contribution >= 4 is 39.2 Å². The van der Waals surface area contributed by atoms with Crippen molar-refractivity contribution in [2.24, 2.45) is 0 Å². The van der Waals surface area contributed by atoms with E-state index in [0.717, 1.165) is 4.47 Å². The van der Waals surface area contributed by atoms with Gasteiger partial charge in [0.1, 0.15) is 0 Å². The molecule has 0 saturated heterocycles. The number of hydrogen-bond acceptors (Lipinski definition) is 4. The van der Waals surface area contributed by atoms with Crippen LogP contribution in [0, 0.1) is 10.1 Å². The Morgan fingerprint density at radius 1 is 1.18 bits per heavy atom. The van der Waals surface area contributed by atoms with Crippen LogP contribution in [0.4, 0.5) is 16.2 Å². The molecule has 0 radical (unpaired) electrons. The van der Waals surface area contributed by atoms with E-state index in [0.29, 0.717) is 22.5 Å². The fraction of sp³-hybridized carbons (Fsp3) is 0.158. The van der Waals surface area contributed by atoms with Crippen molar-refractivity contribution in [3.05, 3.63) is 80.0 Å². The molecule has 28 heavy (non-hydrogen) atoms. The van der Waals surface area contributed by atoms with Crippen LogP contribution < -0.4 is 10.2 Å². The van der Waals surface area contributed by atoms with E-state index in [9.17, 15) is 19.7 Å². The standard InChI is InChI=1S/C19H15BrN4O4/c1-22-15-10-23(13-7-5-12(20)6-8-13)18(25)16(15)17(21-19(22)26)11-3-2-4-14(9-11)24(27)28/h2-9,17H,10H2,1H3,(H,21,26)/t17-/m0/s1. The molecule has 0 aliphatic carbocycles. The second-order valence-corrected chi connectivity index (χ2v) is 7.44. The van der Waals surface area contributed by atoms with E-state index in [4.69, 9.17) is 0 Å². The maximum Gasteiger partial charge on any atom is 0.322 e. The molecule has 1 atom stereocenters. The van der Waals surface area contributed by atoms with E-state index >= 15 is 0 Å². The summed E-state index contributed by atoms with van der Waals surface area (Å²) in [5.74, 6) is -0.235. The predicted molar refractivity (Wildman–Crippen MR) is 106 cm³/mol. The normalized spacial score (nSPS) is 19.0. The minimum atomic E-state index is -0.744. The Bertz CT molecular complexity index is 1030. The summed E-state index contributed by atoms with van der Waals surface area (Å²) in [7, 11) is 1.60. The zero-order valence-corrected chi connectivity index (χ0v) is 16.3. The highest BCUT2D eigenvalue weighted by Gasteiger charge is 2.43. The molecule has 2 aliphatic heterocycles. The van der Waals surface area contributed by atoms with Crippen LogP contribution in [0.2, 0.25) is 0 Å². The molecule has 0 fully saturated rings. The fourth-order valence-corrected chi connectivity index (χ4v) is 3.73. The lowest BCUT2D eigenvalue weighted by Gasteiger charge is -2.30. The number of benzene rings is 2. The van der Waals surface area contributed by atoms with E-state index in [1.165, 1.54) is 17.0 Å². The van der Waals surface area contributed by atoms with Crippen molar-refractivity contribution in [3.8, 4) is 0 Å². The summed E-state index contributed by atoms with van der Waals surface area (Å²) in [5, 5.41) is 13.9. The van der Waals surface area contributed by atoms with Gasteiger partial charge in [-0.15, -0.1) is 0 Å². The average molecular weight is 443 g/mol. The van der Waals surface area contributed by atoms with E-state index in [-0.39, 0.29) is 24.2 Å². The first-order valence-corrected chi connectivity index (χ1v) is 9.25. The van der Waals surface area contributed by atoms with Crippen molar-refractivity contribution in [3.63, 3.8) is 0 Å². The van der Waals surface area contributed by atoms with Crippen LogP contribution >= 0.6 is 15.9 Å². The second kappa shape index (κ2) is 6.75. The highest BCUT2D eigenvalue weighted by Crippen LogP contribution is 2.38. The summed E-state index contributed by atoms with van der Waals surface area (Å²) >= 11 is 3.37. The van der Waals surface area contributed by atoms with Crippen molar-refractivity contribution in [2.45, 2.75) is 6.04 Å². The molecule has 0 unspecified atom stereocenters. The number of carbonyl (C=O) groups excluding carboxylic acids is 2. The van der Waals surface area contributed by atoms with E-state index in [1.807, 2.05) is 24.3 Å². The van der Waals surface area contributed by atoms with Gasteiger partial charge >= 0.3 is 6.03 Å². The number of likely N-dealkylation sites (N-methyl/N-ethyl adjacent to an activating group) is 1. The lowest BCUT2D eigenvalue weighted by atomic mass is 9.95. The van der Waals surface area contributed by atoms with Gasteiger partial charge < -0.3 is 10.2 Å². The van der Waals surface area contributed by atoms with Gasteiger partial charge in [-0.05, 0) is 29.8 Å². The summed E-state index contributed by atoms with van der Waals surface area (Å²) in [6, 6.07) is 12.2. The number of anilines is 1. The van der Waals surface area contributed by atoms with Gasteiger partial charge in [-0.1, -0.05) is 28.1 Å². The number of halogens is 1. The maximum atomic E-state index is 13.2. The molecule has 142 valence electrons. The number of urea groups is 1. The number of nitrogens with zero attached hydrogens (tertiary/aromatic N) is 3. The monoisotopic (exact) mass is 442 g/mol. The van der Waals surface area contributed by atoms with Gasteiger partial charge in [0.2, 0.25) is 0 Å². The molecule has 9 heteroatoms. The van der Waals surface area contributed by atoms with Crippen molar-refractivity contribution in [1.82, 2.24) is 10.2 Å². The number of rotatable bonds is 3. The first-order valence-electron chi connectivity index (χ1n) is 8.46. The Hall–Kier alpha value is -3.20. The Kier molecular flexibility index (Phi) is 4.38. The van der Waals surface area contributed by atoms with E-state index in [1.54, 1.807) is 24.1 Å². The number of carbonyl (C=O) groups is 2. The largest absolute Gasteiger partial charge is 0.327 e. The number of nitrogens with one attached hydrogen (secondary N) is 1.